The molecule has 2 N–H and O–H groups in total. The van der Waals surface area contributed by atoms with Gasteiger partial charge in [0, 0.05) is 24.5 Å². The van der Waals surface area contributed by atoms with Crippen LogP contribution < -0.4 is 10.6 Å². The van der Waals surface area contributed by atoms with Crippen molar-refractivity contribution in [2.45, 2.75) is 13.8 Å². The lowest BCUT2D eigenvalue weighted by Gasteiger charge is -2.20. The molecule has 0 atom stereocenters. The Bertz CT molecular complexity index is 790. The van der Waals surface area contributed by atoms with Crippen molar-refractivity contribution in [2.75, 3.05) is 23.7 Å². The molecule has 22 heavy (non-hydrogen) atoms. The van der Waals surface area contributed by atoms with Gasteiger partial charge in [0.1, 0.15) is 11.0 Å². The van der Waals surface area contributed by atoms with Crippen LogP contribution in [0.15, 0.2) is 36.4 Å². The summed E-state index contributed by atoms with van der Waals surface area (Å²) in [5.74, 6) is 0. The third kappa shape index (κ3) is 2.60. The van der Waals surface area contributed by atoms with Crippen LogP contribution in [0.1, 0.15) is 13.8 Å². The first kappa shape index (κ1) is 14.7. The maximum absolute atomic E-state index is 6.16. The molecule has 0 saturated carbocycles. The average molecular weight is 316 g/mol. The zero-order chi connectivity index (χ0) is 15.7. The summed E-state index contributed by atoms with van der Waals surface area (Å²) in [5.41, 5.74) is 9.80. The van der Waals surface area contributed by atoms with Crippen molar-refractivity contribution in [1.29, 1.82) is 0 Å². The van der Waals surface area contributed by atoms with Crippen LogP contribution in [0.25, 0.3) is 16.7 Å². The van der Waals surface area contributed by atoms with Crippen molar-refractivity contribution < 1.29 is 0 Å². The minimum atomic E-state index is 0.515. The molecule has 0 radical (unpaired) electrons. The van der Waals surface area contributed by atoms with E-state index in [1.807, 2.05) is 12.1 Å². The minimum absolute atomic E-state index is 0.515. The Labute approximate surface area is 134 Å². The van der Waals surface area contributed by atoms with Gasteiger partial charge in [-0.1, -0.05) is 11.6 Å². The van der Waals surface area contributed by atoms with Gasteiger partial charge in [-0.3, -0.25) is 0 Å². The average Bonchev–Trinajstić information content (AvgIpc) is 2.93. The lowest BCUT2D eigenvalue weighted by Crippen LogP contribution is -2.21. The molecule has 114 valence electrons. The smallest absolute Gasteiger partial charge is 0.132 e. The van der Waals surface area contributed by atoms with E-state index in [0.29, 0.717) is 21.7 Å². The number of rotatable bonds is 4. The second-order valence-electron chi connectivity index (χ2n) is 5.05. The molecule has 5 nitrogen and oxygen atoms in total. The second-order valence-corrected chi connectivity index (χ2v) is 5.46. The molecule has 2 aromatic carbocycles. The molecular weight excluding hydrogens is 298 g/mol. The number of hydrogen-bond acceptors (Lipinski definition) is 4. The summed E-state index contributed by atoms with van der Waals surface area (Å²) in [6, 6.07) is 11.6. The molecule has 6 heteroatoms. The standard InChI is InChI=1S/C16H18ClN5/c1-3-21(4-2)12-5-7-13(8-6-12)22-19-15-10-11(18)9-14(17)16(15)20-22/h5-10H,3-4,18H2,1-2H3. The summed E-state index contributed by atoms with van der Waals surface area (Å²) >= 11 is 6.16. The predicted molar refractivity (Wildman–Crippen MR) is 91.8 cm³/mol. The maximum atomic E-state index is 6.16. The number of aromatic nitrogens is 3. The van der Waals surface area contributed by atoms with E-state index in [2.05, 4.69) is 41.1 Å². The highest BCUT2D eigenvalue weighted by Gasteiger charge is 2.10. The van der Waals surface area contributed by atoms with E-state index < -0.39 is 0 Å². The molecule has 0 saturated heterocycles. The van der Waals surface area contributed by atoms with Gasteiger partial charge in [-0.15, -0.1) is 10.2 Å². The lowest BCUT2D eigenvalue weighted by atomic mass is 10.2. The Kier molecular flexibility index (Phi) is 3.90. The number of nitrogen functional groups attached to an aromatic ring is 1. The topological polar surface area (TPSA) is 60.0 Å². The Balaban J connectivity index is 1.99. The Hall–Kier alpha value is -2.27. The second kappa shape index (κ2) is 5.85. The van der Waals surface area contributed by atoms with E-state index in [-0.39, 0.29) is 0 Å². The summed E-state index contributed by atoms with van der Waals surface area (Å²) in [5, 5.41) is 9.40. The Morgan fingerprint density at radius 2 is 1.77 bits per heavy atom. The van der Waals surface area contributed by atoms with E-state index >= 15 is 0 Å². The van der Waals surface area contributed by atoms with Gasteiger partial charge in [0.2, 0.25) is 0 Å². The molecule has 1 aromatic heterocycles. The number of benzene rings is 2. The molecule has 3 rings (SSSR count). The number of anilines is 2. The summed E-state index contributed by atoms with van der Waals surface area (Å²) in [7, 11) is 0. The fraction of sp³-hybridized carbons (Fsp3) is 0.250. The highest BCUT2D eigenvalue weighted by molar-refractivity contribution is 6.35. The van der Waals surface area contributed by atoms with Crippen LogP contribution in [0.4, 0.5) is 11.4 Å². The van der Waals surface area contributed by atoms with Crippen LogP contribution in [-0.2, 0) is 0 Å². The lowest BCUT2D eigenvalue weighted by molar-refractivity contribution is 0.765. The molecule has 3 aromatic rings. The normalized spacial score (nSPS) is 11.0. The molecule has 0 spiro atoms. The monoisotopic (exact) mass is 315 g/mol. The fourth-order valence-corrected chi connectivity index (χ4v) is 2.76. The van der Waals surface area contributed by atoms with Crippen molar-refractivity contribution >= 4 is 34.0 Å². The highest BCUT2D eigenvalue weighted by Crippen LogP contribution is 2.25. The molecule has 0 bridgehead atoms. The molecule has 0 aliphatic carbocycles. The number of hydrogen-bond donors (Lipinski definition) is 1. The molecule has 0 aliphatic heterocycles. The first-order valence-corrected chi connectivity index (χ1v) is 7.67. The first-order valence-electron chi connectivity index (χ1n) is 7.29. The minimum Gasteiger partial charge on any atom is -0.399 e. The van der Waals surface area contributed by atoms with Crippen molar-refractivity contribution in [1.82, 2.24) is 15.0 Å². The van der Waals surface area contributed by atoms with Crippen LogP contribution in [0.5, 0.6) is 0 Å². The largest absolute Gasteiger partial charge is 0.399 e. The van der Waals surface area contributed by atoms with E-state index in [9.17, 15) is 0 Å². The molecule has 0 fully saturated rings. The summed E-state index contributed by atoms with van der Waals surface area (Å²) < 4.78 is 0. The number of nitrogens with two attached hydrogens (primary N) is 1. The SMILES string of the molecule is CCN(CC)c1ccc(-n2nc3cc(N)cc(Cl)c3n2)cc1. The number of fused-ring (bicyclic) bond motifs is 1. The zero-order valence-corrected chi connectivity index (χ0v) is 13.4. The van der Waals surface area contributed by atoms with Crippen LogP contribution in [0.2, 0.25) is 5.02 Å². The van der Waals surface area contributed by atoms with Crippen LogP contribution >= 0.6 is 11.6 Å². The van der Waals surface area contributed by atoms with Crippen LogP contribution in [0, 0.1) is 0 Å². The van der Waals surface area contributed by atoms with Crippen molar-refractivity contribution in [3.8, 4) is 5.69 Å². The van der Waals surface area contributed by atoms with E-state index in [1.54, 1.807) is 16.9 Å². The number of halogens is 1. The van der Waals surface area contributed by atoms with Crippen molar-refractivity contribution in [2.24, 2.45) is 0 Å². The van der Waals surface area contributed by atoms with Gasteiger partial charge < -0.3 is 10.6 Å². The van der Waals surface area contributed by atoms with Gasteiger partial charge in [-0.25, -0.2) is 0 Å². The zero-order valence-electron chi connectivity index (χ0n) is 12.6. The summed E-state index contributed by atoms with van der Waals surface area (Å²) in [4.78, 5) is 3.87. The Morgan fingerprint density at radius 1 is 1.09 bits per heavy atom. The van der Waals surface area contributed by atoms with Crippen LogP contribution in [-0.4, -0.2) is 28.1 Å². The van der Waals surface area contributed by atoms with Crippen molar-refractivity contribution in [3.05, 3.63) is 41.4 Å². The van der Waals surface area contributed by atoms with Gasteiger partial charge in [-0.05, 0) is 50.2 Å². The summed E-state index contributed by atoms with van der Waals surface area (Å²) in [6.07, 6.45) is 0. The van der Waals surface area contributed by atoms with E-state index in [0.717, 1.165) is 18.8 Å². The van der Waals surface area contributed by atoms with Gasteiger partial charge in [0.25, 0.3) is 0 Å². The van der Waals surface area contributed by atoms with E-state index in [1.165, 1.54) is 5.69 Å². The van der Waals surface area contributed by atoms with Gasteiger partial charge in [-0.2, -0.15) is 4.80 Å². The van der Waals surface area contributed by atoms with Crippen LogP contribution in [0.3, 0.4) is 0 Å². The molecular formula is C16H18ClN5. The molecule has 1 heterocycles. The van der Waals surface area contributed by atoms with Gasteiger partial charge in [0.15, 0.2) is 0 Å². The maximum Gasteiger partial charge on any atom is 0.132 e. The van der Waals surface area contributed by atoms with Crippen molar-refractivity contribution in [3.63, 3.8) is 0 Å². The highest BCUT2D eigenvalue weighted by atomic mass is 35.5. The van der Waals surface area contributed by atoms with Gasteiger partial charge >= 0.3 is 0 Å². The molecule has 0 aliphatic rings. The summed E-state index contributed by atoms with van der Waals surface area (Å²) in [6.45, 7) is 6.25. The molecule has 0 unspecified atom stereocenters. The third-order valence-electron chi connectivity index (χ3n) is 3.67. The number of nitrogens with zero attached hydrogens (tertiary/aromatic N) is 4. The molecule has 0 amide bonds. The van der Waals surface area contributed by atoms with E-state index in [4.69, 9.17) is 17.3 Å². The predicted octanol–water partition coefficient (Wildman–Crippen LogP) is 3.50. The Morgan fingerprint density at radius 3 is 2.41 bits per heavy atom. The quantitative estimate of drug-likeness (QED) is 0.749. The van der Waals surface area contributed by atoms with Gasteiger partial charge in [0.05, 0.1) is 10.7 Å². The fourth-order valence-electron chi connectivity index (χ4n) is 2.50. The first-order chi connectivity index (χ1) is 10.6. The third-order valence-corrected chi connectivity index (χ3v) is 3.96.